The van der Waals surface area contributed by atoms with E-state index in [-0.39, 0.29) is 29.2 Å². The fourth-order valence-corrected chi connectivity index (χ4v) is 4.33. The lowest BCUT2D eigenvalue weighted by molar-refractivity contribution is -0.113. The zero-order chi connectivity index (χ0) is 19.8. The van der Waals surface area contributed by atoms with Crippen LogP contribution in [0, 0.1) is 0 Å². The number of anilines is 1. The van der Waals surface area contributed by atoms with Gasteiger partial charge in [0, 0.05) is 6.07 Å². The Morgan fingerprint density at radius 2 is 2.11 bits per heavy atom. The van der Waals surface area contributed by atoms with Gasteiger partial charge in [-0.3, -0.25) is 9.69 Å². The van der Waals surface area contributed by atoms with Gasteiger partial charge in [0.05, 0.1) is 22.2 Å². The van der Waals surface area contributed by atoms with Gasteiger partial charge in [-0.05, 0) is 42.8 Å². The van der Waals surface area contributed by atoms with Crippen molar-refractivity contribution in [3.05, 3.63) is 45.8 Å². The SMILES string of the molecule is CCOc1cc(/C=C2\SC(=S)N(c3ccc4c(c3)OCO4)C2=O)cc(Cl)c1O. The van der Waals surface area contributed by atoms with E-state index in [0.29, 0.717) is 38.6 Å². The Morgan fingerprint density at radius 1 is 1.32 bits per heavy atom. The van der Waals surface area contributed by atoms with Crippen LogP contribution in [-0.2, 0) is 4.79 Å². The Bertz CT molecular complexity index is 1020. The summed E-state index contributed by atoms with van der Waals surface area (Å²) >= 11 is 12.7. The summed E-state index contributed by atoms with van der Waals surface area (Å²) in [7, 11) is 0. The number of carbonyl (C=O) groups excluding carboxylic acids is 1. The summed E-state index contributed by atoms with van der Waals surface area (Å²) in [5.74, 6) is 1.08. The molecule has 6 nitrogen and oxygen atoms in total. The third-order valence-corrected chi connectivity index (χ3v) is 5.65. The van der Waals surface area contributed by atoms with Crippen molar-refractivity contribution in [3.63, 3.8) is 0 Å². The lowest BCUT2D eigenvalue weighted by Crippen LogP contribution is -2.27. The van der Waals surface area contributed by atoms with E-state index in [4.69, 9.17) is 38.0 Å². The number of ether oxygens (including phenoxy) is 3. The number of thiocarbonyl (C=S) groups is 1. The summed E-state index contributed by atoms with van der Waals surface area (Å²) in [6.07, 6.45) is 1.67. The minimum absolute atomic E-state index is 0.131. The van der Waals surface area contributed by atoms with Crippen LogP contribution in [0.5, 0.6) is 23.0 Å². The molecule has 28 heavy (non-hydrogen) atoms. The molecule has 0 aliphatic carbocycles. The molecule has 1 fully saturated rings. The molecule has 0 radical (unpaired) electrons. The first-order chi connectivity index (χ1) is 13.5. The van der Waals surface area contributed by atoms with Crippen LogP contribution in [0.1, 0.15) is 12.5 Å². The summed E-state index contributed by atoms with van der Waals surface area (Å²) in [5.41, 5.74) is 1.23. The lowest BCUT2D eigenvalue weighted by atomic mass is 10.1. The average Bonchev–Trinajstić information content (AvgIpc) is 3.23. The number of thioether (sulfide) groups is 1. The molecule has 9 heteroatoms. The molecule has 0 unspecified atom stereocenters. The smallest absolute Gasteiger partial charge is 0.270 e. The molecular formula is C19H14ClNO5S2. The first kappa shape index (κ1) is 18.9. The fraction of sp³-hybridized carbons (Fsp3) is 0.158. The maximum atomic E-state index is 12.9. The zero-order valence-electron chi connectivity index (χ0n) is 14.6. The number of hydrogen-bond donors (Lipinski definition) is 1. The Balaban J connectivity index is 1.66. The van der Waals surface area contributed by atoms with E-state index in [1.165, 1.54) is 16.7 Å². The number of halogens is 1. The van der Waals surface area contributed by atoms with E-state index in [1.54, 1.807) is 43.3 Å². The van der Waals surface area contributed by atoms with Crippen LogP contribution >= 0.6 is 35.6 Å². The molecule has 144 valence electrons. The van der Waals surface area contributed by atoms with Gasteiger partial charge in [-0.25, -0.2) is 0 Å². The van der Waals surface area contributed by atoms with Crippen LogP contribution in [0.4, 0.5) is 5.69 Å². The quantitative estimate of drug-likeness (QED) is 0.556. The normalized spacial score (nSPS) is 16.9. The van der Waals surface area contributed by atoms with E-state index >= 15 is 0 Å². The molecular weight excluding hydrogens is 422 g/mol. The topological polar surface area (TPSA) is 68.2 Å². The van der Waals surface area contributed by atoms with E-state index in [2.05, 4.69) is 0 Å². The van der Waals surface area contributed by atoms with Crippen LogP contribution in [0.15, 0.2) is 35.2 Å². The zero-order valence-corrected chi connectivity index (χ0v) is 17.0. The van der Waals surface area contributed by atoms with E-state index in [9.17, 15) is 9.90 Å². The highest BCUT2D eigenvalue weighted by molar-refractivity contribution is 8.27. The second kappa shape index (κ2) is 7.54. The van der Waals surface area contributed by atoms with Crippen LogP contribution in [0.3, 0.4) is 0 Å². The minimum atomic E-state index is -0.254. The summed E-state index contributed by atoms with van der Waals surface area (Å²) < 4.78 is 16.5. The number of nitrogens with zero attached hydrogens (tertiary/aromatic N) is 1. The Labute approximate surface area is 175 Å². The molecule has 1 N–H and O–H groups in total. The van der Waals surface area contributed by atoms with Crippen LogP contribution in [0.2, 0.25) is 5.02 Å². The third-order valence-electron chi connectivity index (χ3n) is 4.06. The van der Waals surface area contributed by atoms with Crippen molar-refractivity contribution in [3.8, 4) is 23.0 Å². The molecule has 0 spiro atoms. The van der Waals surface area contributed by atoms with Gasteiger partial charge < -0.3 is 19.3 Å². The number of carbonyl (C=O) groups is 1. The van der Waals surface area contributed by atoms with Crippen molar-refractivity contribution in [1.29, 1.82) is 0 Å². The maximum Gasteiger partial charge on any atom is 0.270 e. The predicted octanol–water partition coefficient (Wildman–Crippen LogP) is 4.58. The largest absolute Gasteiger partial charge is 0.503 e. The second-order valence-electron chi connectivity index (χ2n) is 5.84. The molecule has 0 bridgehead atoms. The highest BCUT2D eigenvalue weighted by Crippen LogP contribution is 2.42. The number of rotatable bonds is 4. The van der Waals surface area contributed by atoms with E-state index in [1.807, 2.05) is 0 Å². The molecule has 4 rings (SSSR count). The number of benzene rings is 2. The average molecular weight is 436 g/mol. The summed E-state index contributed by atoms with van der Waals surface area (Å²) in [4.78, 5) is 14.8. The molecule has 2 aromatic rings. The minimum Gasteiger partial charge on any atom is -0.503 e. The first-order valence-electron chi connectivity index (χ1n) is 8.31. The fourth-order valence-electron chi connectivity index (χ4n) is 2.81. The van der Waals surface area contributed by atoms with E-state index in [0.717, 1.165) is 0 Å². The van der Waals surface area contributed by atoms with Crippen LogP contribution in [0.25, 0.3) is 6.08 Å². The summed E-state index contributed by atoms with van der Waals surface area (Å²) in [6, 6.07) is 8.41. The highest BCUT2D eigenvalue weighted by atomic mass is 35.5. The van der Waals surface area contributed by atoms with Gasteiger partial charge in [0.1, 0.15) is 0 Å². The van der Waals surface area contributed by atoms with Gasteiger partial charge in [-0.1, -0.05) is 35.6 Å². The van der Waals surface area contributed by atoms with Gasteiger partial charge >= 0.3 is 0 Å². The van der Waals surface area contributed by atoms with Crippen molar-refractivity contribution in [2.24, 2.45) is 0 Å². The molecule has 0 saturated carbocycles. The highest BCUT2D eigenvalue weighted by Gasteiger charge is 2.34. The maximum absolute atomic E-state index is 12.9. The van der Waals surface area contributed by atoms with Crippen molar-refractivity contribution in [1.82, 2.24) is 0 Å². The second-order valence-corrected chi connectivity index (χ2v) is 7.92. The van der Waals surface area contributed by atoms with Crippen molar-refractivity contribution >= 4 is 57.6 Å². The molecule has 1 saturated heterocycles. The standard InChI is InChI=1S/C19H14ClNO5S2/c1-2-24-15-6-10(5-12(20)17(15)22)7-16-18(23)21(19(27)28-16)11-3-4-13-14(8-11)26-9-25-13/h3-8,22H,2,9H2,1H3/b16-7-. The molecule has 2 heterocycles. The van der Waals surface area contributed by atoms with Gasteiger partial charge in [0.25, 0.3) is 5.91 Å². The molecule has 0 atom stereocenters. The molecule has 2 aliphatic rings. The number of phenols is 1. The van der Waals surface area contributed by atoms with Gasteiger partial charge in [-0.15, -0.1) is 0 Å². The first-order valence-corrected chi connectivity index (χ1v) is 9.91. The number of amides is 1. The monoisotopic (exact) mass is 435 g/mol. The van der Waals surface area contributed by atoms with Crippen molar-refractivity contribution in [2.75, 3.05) is 18.3 Å². The Morgan fingerprint density at radius 3 is 2.89 bits per heavy atom. The van der Waals surface area contributed by atoms with Crippen LogP contribution in [-0.4, -0.2) is 28.7 Å². The van der Waals surface area contributed by atoms with Crippen LogP contribution < -0.4 is 19.1 Å². The number of aromatic hydroxyl groups is 1. The van der Waals surface area contributed by atoms with Gasteiger partial charge in [-0.2, -0.15) is 0 Å². The predicted molar refractivity (Wildman–Crippen MR) is 113 cm³/mol. The number of phenolic OH excluding ortho intramolecular Hbond substituents is 1. The Kier molecular flexibility index (Phi) is 5.09. The molecule has 2 aromatic carbocycles. The van der Waals surface area contributed by atoms with Gasteiger partial charge in [0.2, 0.25) is 6.79 Å². The number of hydrogen-bond acceptors (Lipinski definition) is 7. The lowest BCUT2D eigenvalue weighted by Gasteiger charge is -2.14. The molecule has 0 aromatic heterocycles. The molecule has 2 aliphatic heterocycles. The van der Waals surface area contributed by atoms with Crippen molar-refractivity contribution in [2.45, 2.75) is 6.92 Å². The third kappa shape index (κ3) is 3.39. The number of fused-ring (bicyclic) bond motifs is 1. The van der Waals surface area contributed by atoms with E-state index < -0.39 is 0 Å². The van der Waals surface area contributed by atoms with Crippen molar-refractivity contribution < 1.29 is 24.1 Å². The molecule has 1 amide bonds. The Hall–Kier alpha value is -2.42. The van der Waals surface area contributed by atoms with Gasteiger partial charge in [0.15, 0.2) is 27.3 Å². The summed E-state index contributed by atoms with van der Waals surface area (Å²) in [5, 5.41) is 10.1. The summed E-state index contributed by atoms with van der Waals surface area (Å²) in [6.45, 7) is 2.33.